The molecular formula is C12H21NO4S. The van der Waals surface area contributed by atoms with E-state index < -0.39 is 27.2 Å². The van der Waals surface area contributed by atoms with Crippen LogP contribution in [0.1, 0.15) is 39.5 Å². The monoisotopic (exact) mass is 275 g/mol. The maximum absolute atomic E-state index is 12.6. The fraction of sp³-hybridized carbons (Fsp3) is 0.917. The number of hydrogen-bond acceptors (Lipinski definition) is 3. The van der Waals surface area contributed by atoms with Gasteiger partial charge in [-0.15, -0.1) is 0 Å². The standard InChI is InChI=1S/C12H21NO4S/c1-8-6-9(2)13(7-8)18(16,17)11-5-3-4-10(11)12(14)15/h8-11H,3-7H2,1-2H3,(H,14,15). The first-order valence-corrected chi connectivity index (χ1v) is 8.07. The summed E-state index contributed by atoms with van der Waals surface area (Å²) in [6.07, 6.45) is 2.52. The Hall–Kier alpha value is -0.620. The summed E-state index contributed by atoms with van der Waals surface area (Å²) >= 11 is 0. The summed E-state index contributed by atoms with van der Waals surface area (Å²) < 4.78 is 26.7. The van der Waals surface area contributed by atoms with E-state index in [0.29, 0.717) is 31.7 Å². The molecule has 2 fully saturated rings. The highest BCUT2D eigenvalue weighted by molar-refractivity contribution is 7.89. The molecule has 1 aliphatic carbocycles. The molecule has 18 heavy (non-hydrogen) atoms. The van der Waals surface area contributed by atoms with E-state index in [-0.39, 0.29) is 6.04 Å². The summed E-state index contributed by atoms with van der Waals surface area (Å²) in [6.45, 7) is 4.48. The third-order valence-electron chi connectivity index (χ3n) is 4.21. The molecule has 1 aliphatic heterocycles. The van der Waals surface area contributed by atoms with Crippen molar-refractivity contribution >= 4 is 16.0 Å². The van der Waals surface area contributed by atoms with Gasteiger partial charge in [0.1, 0.15) is 0 Å². The molecular weight excluding hydrogens is 254 g/mol. The van der Waals surface area contributed by atoms with Crippen molar-refractivity contribution in [3.05, 3.63) is 0 Å². The highest BCUT2D eigenvalue weighted by Crippen LogP contribution is 2.36. The molecule has 4 atom stereocenters. The first-order valence-electron chi connectivity index (χ1n) is 6.57. The fourth-order valence-corrected chi connectivity index (χ4v) is 5.89. The van der Waals surface area contributed by atoms with Crippen molar-refractivity contribution in [3.63, 3.8) is 0 Å². The maximum atomic E-state index is 12.6. The topological polar surface area (TPSA) is 74.7 Å². The van der Waals surface area contributed by atoms with Gasteiger partial charge in [0.05, 0.1) is 11.2 Å². The van der Waals surface area contributed by atoms with Gasteiger partial charge in [-0.2, -0.15) is 4.31 Å². The fourth-order valence-electron chi connectivity index (χ4n) is 3.36. The summed E-state index contributed by atoms with van der Waals surface area (Å²) in [5, 5.41) is 8.41. The van der Waals surface area contributed by atoms with E-state index in [0.717, 1.165) is 6.42 Å². The number of hydrogen-bond donors (Lipinski definition) is 1. The molecule has 1 saturated heterocycles. The van der Waals surface area contributed by atoms with Crippen molar-refractivity contribution in [1.29, 1.82) is 0 Å². The van der Waals surface area contributed by atoms with Gasteiger partial charge in [0.15, 0.2) is 0 Å². The van der Waals surface area contributed by atoms with Crippen molar-refractivity contribution in [2.75, 3.05) is 6.54 Å². The average Bonchev–Trinajstić information content (AvgIpc) is 2.84. The van der Waals surface area contributed by atoms with Crippen LogP contribution in [-0.2, 0) is 14.8 Å². The van der Waals surface area contributed by atoms with Gasteiger partial charge in [-0.25, -0.2) is 8.42 Å². The molecule has 0 aromatic heterocycles. The quantitative estimate of drug-likeness (QED) is 0.842. The Morgan fingerprint density at radius 2 is 1.94 bits per heavy atom. The number of carbonyl (C=O) groups is 1. The predicted octanol–water partition coefficient (Wildman–Crippen LogP) is 1.30. The number of carboxylic acids is 1. The van der Waals surface area contributed by atoms with E-state index >= 15 is 0 Å². The van der Waals surface area contributed by atoms with Gasteiger partial charge in [0, 0.05) is 12.6 Å². The first kappa shape index (κ1) is 13.8. The van der Waals surface area contributed by atoms with Gasteiger partial charge in [-0.05, 0) is 32.1 Å². The summed E-state index contributed by atoms with van der Waals surface area (Å²) in [5.74, 6) is -1.33. The Balaban J connectivity index is 2.23. The Morgan fingerprint density at radius 1 is 1.28 bits per heavy atom. The smallest absolute Gasteiger partial charge is 0.307 e. The maximum Gasteiger partial charge on any atom is 0.307 e. The number of carboxylic acid groups (broad SMARTS) is 1. The molecule has 0 spiro atoms. The summed E-state index contributed by atoms with van der Waals surface area (Å²) in [7, 11) is -3.46. The number of rotatable bonds is 3. The number of sulfonamides is 1. The molecule has 2 aliphatic rings. The number of aliphatic carboxylic acids is 1. The second-order valence-electron chi connectivity index (χ2n) is 5.72. The van der Waals surface area contributed by atoms with Crippen LogP contribution in [-0.4, -0.2) is 41.6 Å². The van der Waals surface area contributed by atoms with Crippen molar-refractivity contribution < 1.29 is 18.3 Å². The molecule has 2 rings (SSSR count). The van der Waals surface area contributed by atoms with Crippen LogP contribution in [0.5, 0.6) is 0 Å². The molecule has 0 radical (unpaired) electrons. The van der Waals surface area contributed by atoms with Crippen LogP contribution in [0.25, 0.3) is 0 Å². The summed E-state index contributed by atoms with van der Waals surface area (Å²) in [6, 6.07) is 0.0000416. The minimum absolute atomic E-state index is 0.0000416. The zero-order valence-electron chi connectivity index (χ0n) is 10.9. The Bertz CT molecular complexity index is 433. The molecule has 0 aromatic carbocycles. The molecule has 6 heteroatoms. The van der Waals surface area contributed by atoms with Crippen LogP contribution >= 0.6 is 0 Å². The van der Waals surface area contributed by atoms with Gasteiger partial charge in [-0.1, -0.05) is 13.3 Å². The lowest BCUT2D eigenvalue weighted by Gasteiger charge is -2.26. The second kappa shape index (κ2) is 4.81. The molecule has 0 amide bonds. The van der Waals surface area contributed by atoms with Crippen LogP contribution in [0.2, 0.25) is 0 Å². The van der Waals surface area contributed by atoms with Crippen LogP contribution in [0.15, 0.2) is 0 Å². The average molecular weight is 275 g/mol. The predicted molar refractivity (Wildman–Crippen MR) is 67.6 cm³/mol. The van der Waals surface area contributed by atoms with Gasteiger partial charge < -0.3 is 5.11 Å². The van der Waals surface area contributed by atoms with E-state index in [1.165, 1.54) is 4.31 Å². The summed E-state index contributed by atoms with van der Waals surface area (Å²) in [5.41, 5.74) is 0. The van der Waals surface area contributed by atoms with Gasteiger partial charge in [0.25, 0.3) is 0 Å². The number of nitrogens with zero attached hydrogens (tertiary/aromatic N) is 1. The molecule has 104 valence electrons. The lowest BCUT2D eigenvalue weighted by molar-refractivity contribution is -0.141. The van der Waals surface area contributed by atoms with Gasteiger partial charge >= 0.3 is 5.97 Å². The van der Waals surface area contributed by atoms with Crippen LogP contribution in [0.3, 0.4) is 0 Å². The molecule has 1 N–H and O–H groups in total. The minimum Gasteiger partial charge on any atom is -0.481 e. The van der Waals surface area contributed by atoms with Crippen LogP contribution < -0.4 is 0 Å². The Kier molecular flexibility index (Phi) is 3.69. The van der Waals surface area contributed by atoms with Gasteiger partial charge in [0.2, 0.25) is 10.0 Å². The van der Waals surface area contributed by atoms with E-state index in [1.807, 2.05) is 13.8 Å². The highest BCUT2D eigenvalue weighted by atomic mass is 32.2. The Labute approximate surface area is 108 Å². The van der Waals surface area contributed by atoms with Crippen molar-refractivity contribution in [3.8, 4) is 0 Å². The molecule has 1 heterocycles. The lowest BCUT2D eigenvalue weighted by atomic mass is 10.1. The van der Waals surface area contributed by atoms with E-state index in [9.17, 15) is 13.2 Å². The zero-order chi connectivity index (χ0) is 13.5. The van der Waals surface area contributed by atoms with E-state index in [1.54, 1.807) is 0 Å². The Morgan fingerprint density at radius 3 is 2.44 bits per heavy atom. The third kappa shape index (κ3) is 2.28. The molecule has 0 aromatic rings. The first-order chi connectivity index (χ1) is 8.34. The lowest BCUT2D eigenvalue weighted by Crippen LogP contribution is -2.43. The van der Waals surface area contributed by atoms with Crippen LogP contribution in [0.4, 0.5) is 0 Å². The van der Waals surface area contributed by atoms with E-state index in [4.69, 9.17) is 5.11 Å². The molecule has 4 unspecified atom stereocenters. The second-order valence-corrected chi connectivity index (χ2v) is 7.82. The van der Waals surface area contributed by atoms with Gasteiger partial charge in [-0.3, -0.25) is 4.79 Å². The van der Waals surface area contributed by atoms with Crippen LogP contribution in [0, 0.1) is 11.8 Å². The summed E-state index contributed by atoms with van der Waals surface area (Å²) in [4.78, 5) is 11.1. The molecule has 5 nitrogen and oxygen atoms in total. The third-order valence-corrected chi connectivity index (χ3v) is 6.70. The normalized spacial score (nSPS) is 38.1. The minimum atomic E-state index is -3.46. The molecule has 1 saturated carbocycles. The van der Waals surface area contributed by atoms with Crippen molar-refractivity contribution in [1.82, 2.24) is 4.31 Å². The zero-order valence-corrected chi connectivity index (χ0v) is 11.7. The SMILES string of the molecule is CC1CC(C)N(S(=O)(=O)C2CCCC2C(=O)O)C1. The van der Waals surface area contributed by atoms with Crippen molar-refractivity contribution in [2.24, 2.45) is 11.8 Å². The largest absolute Gasteiger partial charge is 0.481 e. The highest BCUT2D eigenvalue weighted by Gasteiger charge is 2.47. The molecule has 0 bridgehead atoms. The van der Waals surface area contributed by atoms with Crippen molar-refractivity contribution in [2.45, 2.75) is 50.8 Å². The van der Waals surface area contributed by atoms with E-state index in [2.05, 4.69) is 0 Å².